The topological polar surface area (TPSA) is 66.5 Å². The molecule has 162 valence electrons. The number of carbonyl (C=O) groups is 1. The summed E-state index contributed by atoms with van der Waals surface area (Å²) < 4.78 is 27.2. The average Bonchev–Trinajstić information content (AvgIpc) is 2.79. The number of nitrogens with zero attached hydrogens (tertiary/aromatic N) is 1. The van der Waals surface area contributed by atoms with Crippen LogP contribution in [0.25, 0.3) is 0 Å². The average molecular weight is 475 g/mol. The minimum absolute atomic E-state index is 0.00744. The summed E-state index contributed by atoms with van der Waals surface area (Å²) in [5.74, 6) is 0.461. The zero-order chi connectivity index (χ0) is 22.3. The second-order valence-electron chi connectivity index (χ2n) is 6.72. The fraction of sp³-hybridized carbons (Fsp3) is 0.174. The summed E-state index contributed by atoms with van der Waals surface area (Å²) in [5.41, 5.74) is 0.666. The first-order chi connectivity index (χ1) is 14.9. The molecular formula is C23H23ClN2O3S2. The summed E-state index contributed by atoms with van der Waals surface area (Å²) in [6.45, 7) is 0.468. The Hall–Kier alpha value is -2.48. The predicted molar refractivity (Wildman–Crippen MR) is 128 cm³/mol. The van der Waals surface area contributed by atoms with Crippen molar-refractivity contribution in [3.63, 3.8) is 0 Å². The molecule has 1 N–H and O–H groups in total. The summed E-state index contributed by atoms with van der Waals surface area (Å²) in [6, 6.07) is 22.9. The molecule has 0 aliphatic heterocycles. The van der Waals surface area contributed by atoms with Crippen LogP contribution in [0.3, 0.4) is 0 Å². The number of anilines is 1. The van der Waals surface area contributed by atoms with Gasteiger partial charge in [-0.2, -0.15) is 0 Å². The molecule has 5 nitrogen and oxygen atoms in total. The van der Waals surface area contributed by atoms with Crippen molar-refractivity contribution in [2.75, 3.05) is 23.7 Å². The molecule has 0 saturated carbocycles. The van der Waals surface area contributed by atoms with Crippen LogP contribution in [0.1, 0.15) is 16.8 Å². The third kappa shape index (κ3) is 6.03. The van der Waals surface area contributed by atoms with Gasteiger partial charge in [0.05, 0.1) is 21.2 Å². The molecule has 0 aliphatic rings. The van der Waals surface area contributed by atoms with E-state index >= 15 is 0 Å². The monoisotopic (exact) mass is 474 g/mol. The van der Waals surface area contributed by atoms with E-state index < -0.39 is 15.9 Å². The standard InChI is InChI=1S/C23H23ClN2O3S2/c1-26(18-9-4-2-5-10-18)31(28,29)20-13-14-22(24)21(17-20)23(27)25-15-8-16-30-19-11-6-3-7-12-19/h2-7,9-14,17H,8,15-16H2,1H3,(H,25,27). The summed E-state index contributed by atoms with van der Waals surface area (Å²) in [7, 11) is -2.36. The lowest BCUT2D eigenvalue weighted by molar-refractivity contribution is 0.0953. The molecule has 3 aromatic rings. The highest BCUT2D eigenvalue weighted by atomic mass is 35.5. The van der Waals surface area contributed by atoms with E-state index in [0.717, 1.165) is 12.2 Å². The second kappa shape index (κ2) is 10.7. The summed E-state index contributed by atoms with van der Waals surface area (Å²) >= 11 is 7.90. The Morgan fingerprint density at radius 1 is 1.00 bits per heavy atom. The van der Waals surface area contributed by atoms with Gasteiger partial charge in [0.25, 0.3) is 15.9 Å². The van der Waals surface area contributed by atoms with Crippen LogP contribution in [0.4, 0.5) is 5.69 Å². The van der Waals surface area contributed by atoms with Crippen LogP contribution in [0.15, 0.2) is 88.7 Å². The number of hydrogen-bond donors (Lipinski definition) is 1. The molecule has 1 amide bonds. The molecule has 0 unspecified atom stereocenters. The number of para-hydroxylation sites is 1. The Kier molecular flexibility index (Phi) is 8.01. The molecule has 0 heterocycles. The van der Waals surface area contributed by atoms with Crippen LogP contribution in [-0.4, -0.2) is 33.7 Å². The third-order valence-corrected chi connectivity index (χ3v) is 7.79. The van der Waals surface area contributed by atoms with Gasteiger partial charge in [0.2, 0.25) is 0 Å². The number of hydrogen-bond acceptors (Lipinski definition) is 4. The molecule has 0 aromatic heterocycles. The number of halogens is 1. The molecule has 0 bridgehead atoms. The molecular weight excluding hydrogens is 452 g/mol. The maximum absolute atomic E-state index is 13.0. The van der Waals surface area contributed by atoms with Gasteiger partial charge in [-0.25, -0.2) is 8.42 Å². The molecule has 31 heavy (non-hydrogen) atoms. The van der Waals surface area contributed by atoms with Crippen LogP contribution in [0.5, 0.6) is 0 Å². The Morgan fingerprint density at radius 3 is 2.32 bits per heavy atom. The van der Waals surface area contributed by atoms with Gasteiger partial charge in [-0.15, -0.1) is 11.8 Å². The minimum atomic E-state index is -3.83. The van der Waals surface area contributed by atoms with E-state index in [9.17, 15) is 13.2 Å². The van der Waals surface area contributed by atoms with Crippen molar-refractivity contribution in [2.24, 2.45) is 0 Å². The molecule has 0 atom stereocenters. The van der Waals surface area contributed by atoms with Crippen LogP contribution >= 0.6 is 23.4 Å². The van der Waals surface area contributed by atoms with Crippen molar-refractivity contribution in [1.82, 2.24) is 5.32 Å². The quantitative estimate of drug-likeness (QED) is 0.347. The Bertz CT molecular complexity index is 1120. The highest BCUT2D eigenvalue weighted by molar-refractivity contribution is 7.99. The van der Waals surface area contributed by atoms with Gasteiger partial charge in [-0.3, -0.25) is 9.10 Å². The Morgan fingerprint density at radius 2 is 1.65 bits per heavy atom. The molecule has 0 radical (unpaired) electrons. The van der Waals surface area contributed by atoms with Gasteiger partial charge in [-0.1, -0.05) is 48.0 Å². The molecule has 0 aliphatic carbocycles. The number of amides is 1. The van der Waals surface area contributed by atoms with Gasteiger partial charge in [-0.05, 0) is 54.6 Å². The number of nitrogens with one attached hydrogen (secondary N) is 1. The van der Waals surface area contributed by atoms with E-state index in [1.165, 1.54) is 34.4 Å². The third-order valence-electron chi connectivity index (χ3n) is 4.58. The summed E-state index contributed by atoms with van der Waals surface area (Å²) in [4.78, 5) is 13.8. The van der Waals surface area contributed by atoms with Crippen molar-refractivity contribution in [3.8, 4) is 0 Å². The smallest absolute Gasteiger partial charge is 0.264 e. The van der Waals surface area contributed by atoms with Crippen LogP contribution in [0, 0.1) is 0 Å². The van der Waals surface area contributed by atoms with E-state index in [1.807, 2.05) is 36.4 Å². The predicted octanol–water partition coefficient (Wildman–Crippen LogP) is 5.08. The fourth-order valence-corrected chi connectivity index (χ4v) is 5.15. The lowest BCUT2D eigenvalue weighted by Gasteiger charge is -2.20. The second-order valence-corrected chi connectivity index (χ2v) is 10.3. The van der Waals surface area contributed by atoms with E-state index in [1.54, 1.807) is 36.0 Å². The van der Waals surface area contributed by atoms with E-state index in [0.29, 0.717) is 12.2 Å². The van der Waals surface area contributed by atoms with Crippen molar-refractivity contribution < 1.29 is 13.2 Å². The Balaban J connectivity index is 1.64. The van der Waals surface area contributed by atoms with Crippen molar-refractivity contribution in [1.29, 1.82) is 0 Å². The zero-order valence-corrected chi connectivity index (χ0v) is 19.4. The minimum Gasteiger partial charge on any atom is -0.352 e. The lowest BCUT2D eigenvalue weighted by atomic mass is 10.2. The van der Waals surface area contributed by atoms with Gasteiger partial charge in [0.1, 0.15) is 0 Å². The molecule has 0 spiro atoms. The molecule has 0 saturated heterocycles. The van der Waals surface area contributed by atoms with Gasteiger partial charge in [0.15, 0.2) is 0 Å². The largest absolute Gasteiger partial charge is 0.352 e. The van der Waals surface area contributed by atoms with Crippen molar-refractivity contribution in [2.45, 2.75) is 16.2 Å². The number of carbonyl (C=O) groups excluding carboxylic acids is 1. The summed E-state index contributed by atoms with van der Waals surface area (Å²) in [6.07, 6.45) is 0.775. The molecule has 3 rings (SSSR count). The first kappa shape index (κ1) is 23.2. The fourth-order valence-electron chi connectivity index (χ4n) is 2.85. The lowest BCUT2D eigenvalue weighted by Crippen LogP contribution is -2.28. The van der Waals surface area contributed by atoms with E-state index in [4.69, 9.17) is 11.6 Å². The zero-order valence-electron chi connectivity index (χ0n) is 17.0. The SMILES string of the molecule is CN(c1ccccc1)S(=O)(=O)c1ccc(Cl)c(C(=O)NCCCSc2ccccc2)c1. The first-order valence-corrected chi connectivity index (χ1v) is 12.5. The first-order valence-electron chi connectivity index (χ1n) is 9.69. The molecule has 0 fully saturated rings. The van der Waals surface area contributed by atoms with E-state index in [-0.39, 0.29) is 15.5 Å². The van der Waals surface area contributed by atoms with Gasteiger partial charge in [0, 0.05) is 18.5 Å². The number of benzene rings is 3. The molecule has 8 heteroatoms. The summed E-state index contributed by atoms with van der Waals surface area (Å²) in [5, 5.41) is 3.03. The van der Waals surface area contributed by atoms with Gasteiger partial charge >= 0.3 is 0 Å². The van der Waals surface area contributed by atoms with E-state index in [2.05, 4.69) is 5.32 Å². The highest BCUT2D eigenvalue weighted by Gasteiger charge is 2.23. The van der Waals surface area contributed by atoms with Crippen LogP contribution in [-0.2, 0) is 10.0 Å². The van der Waals surface area contributed by atoms with Crippen LogP contribution < -0.4 is 9.62 Å². The number of thioether (sulfide) groups is 1. The van der Waals surface area contributed by atoms with Crippen molar-refractivity contribution in [3.05, 3.63) is 89.4 Å². The normalized spacial score (nSPS) is 11.2. The molecule has 3 aromatic carbocycles. The number of rotatable bonds is 9. The van der Waals surface area contributed by atoms with Crippen LogP contribution in [0.2, 0.25) is 5.02 Å². The Labute approximate surface area is 192 Å². The highest BCUT2D eigenvalue weighted by Crippen LogP contribution is 2.25. The maximum Gasteiger partial charge on any atom is 0.264 e. The van der Waals surface area contributed by atoms with Crippen molar-refractivity contribution >= 4 is 45.0 Å². The van der Waals surface area contributed by atoms with Gasteiger partial charge < -0.3 is 5.32 Å². The maximum atomic E-state index is 13.0. The number of sulfonamides is 1.